The zero-order valence-electron chi connectivity index (χ0n) is 14.7. The number of esters is 1. The molecule has 6 nitrogen and oxygen atoms in total. The fourth-order valence-corrected chi connectivity index (χ4v) is 3.36. The van der Waals surface area contributed by atoms with Gasteiger partial charge in [0.05, 0.1) is 35.7 Å². The van der Waals surface area contributed by atoms with Crippen molar-refractivity contribution in [1.82, 2.24) is 0 Å². The van der Waals surface area contributed by atoms with Crippen molar-refractivity contribution < 1.29 is 23.6 Å². The van der Waals surface area contributed by atoms with Gasteiger partial charge in [0.1, 0.15) is 6.54 Å². The van der Waals surface area contributed by atoms with Crippen LogP contribution in [0.5, 0.6) is 5.75 Å². The van der Waals surface area contributed by atoms with Crippen LogP contribution in [0.2, 0.25) is 5.02 Å². The molecule has 1 atom stereocenters. The summed E-state index contributed by atoms with van der Waals surface area (Å²) < 4.78 is 16.1. The first-order valence-electron chi connectivity index (χ1n) is 8.15. The number of rotatable bonds is 3. The van der Waals surface area contributed by atoms with Crippen molar-refractivity contribution in [3.05, 3.63) is 38.2 Å². The summed E-state index contributed by atoms with van der Waals surface area (Å²) in [6.45, 7) is 7.16. The Bertz CT molecular complexity index is 903. The number of hydrogen-bond donors (Lipinski definition) is 1. The normalized spacial score (nSPS) is 16.6. The maximum absolute atomic E-state index is 12.4. The second-order valence-corrected chi connectivity index (χ2v) is 6.97. The first-order chi connectivity index (χ1) is 11.8. The summed E-state index contributed by atoms with van der Waals surface area (Å²) in [5, 5.41) is 1.20. The second kappa shape index (κ2) is 6.69. The zero-order chi connectivity index (χ0) is 18.3. The molecule has 1 N–H and O–H groups in total. The topological polar surface area (TPSA) is 70.2 Å². The van der Waals surface area contributed by atoms with Crippen LogP contribution >= 0.6 is 11.6 Å². The van der Waals surface area contributed by atoms with Crippen molar-refractivity contribution in [3.8, 4) is 5.75 Å². The molecule has 2 aromatic rings. The Labute approximate surface area is 150 Å². The lowest BCUT2D eigenvalue weighted by Gasteiger charge is -2.29. The summed E-state index contributed by atoms with van der Waals surface area (Å²) in [5.74, 6) is 0.0828. The first-order valence-corrected chi connectivity index (χ1v) is 8.53. The van der Waals surface area contributed by atoms with Crippen molar-refractivity contribution >= 4 is 28.5 Å². The Morgan fingerprint density at radius 3 is 2.80 bits per heavy atom. The fourth-order valence-electron chi connectivity index (χ4n) is 3.08. The molecule has 0 amide bonds. The molecule has 3 rings (SSSR count). The minimum absolute atomic E-state index is 0.130. The molecular formula is C18H21ClNO5+. The Balaban J connectivity index is 2.22. The van der Waals surface area contributed by atoms with Gasteiger partial charge in [0.15, 0.2) is 11.3 Å². The van der Waals surface area contributed by atoms with E-state index >= 15 is 0 Å². The number of ether oxygens (including phenoxy) is 2. The highest BCUT2D eigenvalue weighted by Gasteiger charge is 2.29. The van der Waals surface area contributed by atoms with Crippen molar-refractivity contribution in [3.63, 3.8) is 0 Å². The molecule has 0 radical (unpaired) electrons. The molecule has 2 heterocycles. The van der Waals surface area contributed by atoms with E-state index in [9.17, 15) is 9.59 Å². The summed E-state index contributed by atoms with van der Waals surface area (Å²) in [6, 6.07) is 2.09. The number of fused-ring (bicyclic) bond motifs is 3. The number of methoxy groups -OCH3 is 1. The lowest BCUT2D eigenvalue weighted by Crippen LogP contribution is -3.15. The number of halogens is 1. The lowest BCUT2D eigenvalue weighted by atomic mass is 10.00. The van der Waals surface area contributed by atoms with Gasteiger partial charge in [-0.25, -0.2) is 4.79 Å². The molecule has 0 fully saturated rings. The number of aryl methyl sites for hydroxylation is 1. The van der Waals surface area contributed by atoms with Crippen molar-refractivity contribution in [1.29, 1.82) is 0 Å². The van der Waals surface area contributed by atoms with E-state index in [1.54, 1.807) is 13.0 Å². The molecule has 25 heavy (non-hydrogen) atoms. The van der Waals surface area contributed by atoms with Crippen LogP contribution in [0.15, 0.2) is 15.3 Å². The molecule has 1 aliphatic rings. The Hall–Kier alpha value is -2.05. The SMILES string of the molecule is COC(=O)Cc1c(C)c2cc(Cl)c3c(c2oc1=O)C[NH+](C(C)C)CO3. The molecule has 1 unspecified atom stereocenters. The zero-order valence-corrected chi connectivity index (χ0v) is 15.5. The highest BCUT2D eigenvalue weighted by molar-refractivity contribution is 6.33. The lowest BCUT2D eigenvalue weighted by molar-refractivity contribution is -0.952. The van der Waals surface area contributed by atoms with Crippen LogP contribution < -0.4 is 15.3 Å². The summed E-state index contributed by atoms with van der Waals surface area (Å²) in [6.07, 6.45) is -0.130. The summed E-state index contributed by atoms with van der Waals surface area (Å²) in [4.78, 5) is 25.2. The Kier molecular flexibility index (Phi) is 4.75. The number of quaternary nitrogens is 1. The van der Waals surface area contributed by atoms with Gasteiger partial charge in [0.2, 0.25) is 6.73 Å². The number of carbonyl (C=O) groups is 1. The van der Waals surface area contributed by atoms with Gasteiger partial charge in [0.25, 0.3) is 0 Å². The largest absolute Gasteiger partial charge is 0.469 e. The van der Waals surface area contributed by atoms with Crippen LogP contribution in [0.3, 0.4) is 0 Å². The molecule has 1 aliphatic heterocycles. The maximum atomic E-state index is 12.4. The third-order valence-electron chi connectivity index (χ3n) is 4.75. The number of nitrogens with one attached hydrogen (secondary N) is 1. The molecule has 0 spiro atoms. The molecule has 0 aliphatic carbocycles. The third kappa shape index (κ3) is 3.12. The number of benzene rings is 1. The highest BCUT2D eigenvalue weighted by Crippen LogP contribution is 2.37. The van der Waals surface area contributed by atoms with Gasteiger partial charge in [-0.05, 0) is 32.4 Å². The second-order valence-electron chi connectivity index (χ2n) is 6.57. The Morgan fingerprint density at radius 2 is 2.16 bits per heavy atom. The van der Waals surface area contributed by atoms with Gasteiger partial charge < -0.3 is 13.9 Å². The van der Waals surface area contributed by atoms with Crippen LogP contribution in [0.1, 0.15) is 30.5 Å². The smallest absolute Gasteiger partial charge is 0.340 e. The standard InChI is InChI=1S/C18H20ClNO5/c1-9(2)20-7-13-16-11(5-14(19)17(13)24-8-20)10(3)12(18(22)25-16)6-15(21)23-4/h5,9H,6-8H2,1-4H3/p+1. The van der Waals surface area contributed by atoms with Gasteiger partial charge in [-0.3, -0.25) is 9.69 Å². The van der Waals surface area contributed by atoms with E-state index in [-0.39, 0.29) is 6.42 Å². The van der Waals surface area contributed by atoms with Crippen LogP contribution in [0, 0.1) is 6.92 Å². The van der Waals surface area contributed by atoms with E-state index < -0.39 is 11.6 Å². The number of hydrogen-bond acceptors (Lipinski definition) is 5. The van der Waals surface area contributed by atoms with Crippen LogP contribution in [-0.4, -0.2) is 25.9 Å². The first kappa shape index (κ1) is 17.8. The summed E-state index contributed by atoms with van der Waals surface area (Å²) in [7, 11) is 1.29. The van der Waals surface area contributed by atoms with Gasteiger partial charge in [0, 0.05) is 5.39 Å². The van der Waals surface area contributed by atoms with Crippen molar-refractivity contribution in [2.45, 2.75) is 39.8 Å². The molecular weight excluding hydrogens is 346 g/mol. The van der Waals surface area contributed by atoms with Crippen molar-refractivity contribution in [2.75, 3.05) is 13.8 Å². The minimum atomic E-state index is -0.531. The maximum Gasteiger partial charge on any atom is 0.340 e. The van der Waals surface area contributed by atoms with Crippen LogP contribution in [0.25, 0.3) is 11.0 Å². The Morgan fingerprint density at radius 1 is 1.44 bits per heavy atom. The average Bonchev–Trinajstić information content (AvgIpc) is 2.59. The predicted molar refractivity (Wildman–Crippen MR) is 93.2 cm³/mol. The minimum Gasteiger partial charge on any atom is -0.469 e. The monoisotopic (exact) mass is 366 g/mol. The molecule has 7 heteroatoms. The molecule has 0 bridgehead atoms. The molecule has 1 aromatic heterocycles. The van der Waals surface area contributed by atoms with Crippen LogP contribution in [0.4, 0.5) is 0 Å². The van der Waals surface area contributed by atoms with E-state index in [1.165, 1.54) is 12.0 Å². The predicted octanol–water partition coefficient (Wildman–Crippen LogP) is 1.61. The average molecular weight is 367 g/mol. The quantitative estimate of drug-likeness (QED) is 0.660. The third-order valence-corrected chi connectivity index (χ3v) is 5.03. The van der Waals surface area contributed by atoms with E-state index in [0.29, 0.717) is 46.8 Å². The molecule has 1 aromatic carbocycles. The van der Waals surface area contributed by atoms with Crippen LogP contribution in [-0.2, 0) is 22.5 Å². The van der Waals surface area contributed by atoms with E-state index in [1.807, 2.05) is 0 Å². The fraction of sp³-hybridized carbons (Fsp3) is 0.444. The molecule has 0 saturated carbocycles. The number of carbonyl (C=O) groups excluding carboxylic acids is 1. The molecule has 0 saturated heterocycles. The summed E-state index contributed by atoms with van der Waals surface area (Å²) in [5.41, 5.74) is 1.71. The van der Waals surface area contributed by atoms with Gasteiger partial charge in [-0.1, -0.05) is 11.6 Å². The van der Waals surface area contributed by atoms with E-state index in [4.69, 9.17) is 20.8 Å². The van der Waals surface area contributed by atoms with E-state index in [2.05, 4.69) is 18.6 Å². The van der Waals surface area contributed by atoms with Gasteiger partial charge >= 0.3 is 11.6 Å². The van der Waals surface area contributed by atoms with Crippen molar-refractivity contribution in [2.24, 2.45) is 0 Å². The summed E-state index contributed by atoms with van der Waals surface area (Å²) >= 11 is 6.40. The van der Waals surface area contributed by atoms with Gasteiger partial charge in [-0.15, -0.1) is 0 Å². The van der Waals surface area contributed by atoms with E-state index in [0.717, 1.165) is 10.9 Å². The highest BCUT2D eigenvalue weighted by atomic mass is 35.5. The molecule has 134 valence electrons. The van der Waals surface area contributed by atoms with Gasteiger partial charge in [-0.2, -0.15) is 0 Å².